The van der Waals surface area contributed by atoms with Gasteiger partial charge in [0.1, 0.15) is 13.1 Å². The quantitative estimate of drug-likeness (QED) is 0.638. The molecule has 1 aliphatic rings. The van der Waals surface area contributed by atoms with Gasteiger partial charge in [-0.15, -0.1) is 0 Å². The van der Waals surface area contributed by atoms with E-state index in [1.54, 1.807) is 0 Å². The number of H-pyrrole nitrogens is 1. The number of thiocarbonyl (C=S) groups is 1. The van der Waals surface area contributed by atoms with E-state index in [9.17, 15) is 0 Å². The second-order valence-electron chi connectivity index (χ2n) is 5.92. The van der Waals surface area contributed by atoms with Crippen molar-refractivity contribution >= 4 is 28.8 Å². The monoisotopic (exact) mass is 355 g/mol. The second-order valence-corrected chi connectivity index (χ2v) is 6.31. The van der Waals surface area contributed by atoms with E-state index < -0.39 is 0 Å². The number of hydrogen-bond acceptors (Lipinski definition) is 4. The fraction of sp³-hybridized carbons (Fsp3) is 0.278. The Bertz CT molecular complexity index is 740. The van der Waals surface area contributed by atoms with Crippen molar-refractivity contribution in [2.75, 3.05) is 31.1 Å². The van der Waals surface area contributed by atoms with Gasteiger partial charge in [-0.1, -0.05) is 18.7 Å². The fourth-order valence-corrected chi connectivity index (χ4v) is 2.95. The minimum atomic E-state index is 0.672. The minimum Gasteiger partial charge on any atom is -0.340 e. The van der Waals surface area contributed by atoms with Crippen LogP contribution in [-0.2, 0) is 0 Å². The van der Waals surface area contributed by atoms with Gasteiger partial charge in [-0.2, -0.15) is 0 Å². The van der Waals surface area contributed by atoms with E-state index in [0.29, 0.717) is 10.8 Å². The number of pyridine rings is 2. The largest absolute Gasteiger partial charge is 0.340 e. The molecule has 25 heavy (non-hydrogen) atoms. The van der Waals surface area contributed by atoms with Gasteiger partial charge in [0.25, 0.3) is 5.82 Å². The molecule has 0 amide bonds. The number of nitrogens with one attached hydrogen (secondary N) is 3. The topological polar surface area (TPSA) is 57.6 Å². The number of nitrogens with zero attached hydrogens (tertiary/aromatic N) is 3. The maximum atomic E-state index is 5.49. The highest BCUT2D eigenvalue weighted by Crippen LogP contribution is 2.10. The Morgan fingerprint density at radius 1 is 1.12 bits per heavy atom. The number of anilines is 1. The molecule has 0 aliphatic carbocycles. The molecule has 7 heteroatoms. The van der Waals surface area contributed by atoms with Crippen molar-refractivity contribution in [3.63, 3.8) is 0 Å². The molecule has 1 fully saturated rings. The molecule has 6 nitrogen and oxygen atoms in total. The second kappa shape index (κ2) is 7.94. The molecule has 2 aromatic heterocycles. The molecule has 130 valence electrons. The highest BCUT2D eigenvalue weighted by Gasteiger charge is 2.24. The van der Waals surface area contributed by atoms with E-state index in [-0.39, 0.29) is 0 Å². The van der Waals surface area contributed by atoms with Crippen LogP contribution in [-0.4, -0.2) is 41.2 Å². The van der Waals surface area contributed by atoms with Crippen molar-refractivity contribution in [3.8, 4) is 0 Å². The van der Waals surface area contributed by atoms with Gasteiger partial charge in [-0.05, 0) is 37.3 Å². The predicted molar refractivity (Wildman–Crippen MR) is 104 cm³/mol. The molecular weight excluding hydrogens is 332 g/mol. The molecule has 0 atom stereocenters. The summed E-state index contributed by atoms with van der Waals surface area (Å²) in [6.07, 6.45) is 1.95. The van der Waals surface area contributed by atoms with E-state index in [1.165, 1.54) is 0 Å². The number of aryl methyl sites for hydroxylation is 1. The number of rotatable bonds is 4. The Kier molecular flexibility index (Phi) is 5.45. The summed E-state index contributed by atoms with van der Waals surface area (Å²) in [5.74, 6) is 1.14. The molecule has 0 radical (unpaired) electrons. The van der Waals surface area contributed by atoms with Gasteiger partial charge in [-0.25, -0.2) is 4.98 Å². The first kappa shape index (κ1) is 17.2. The lowest BCUT2D eigenvalue weighted by atomic mass is 10.3. The summed E-state index contributed by atoms with van der Waals surface area (Å²) in [7, 11) is 0. The summed E-state index contributed by atoms with van der Waals surface area (Å²) < 4.78 is 0. The number of aromatic amines is 1. The van der Waals surface area contributed by atoms with Crippen molar-refractivity contribution < 1.29 is 4.98 Å². The van der Waals surface area contributed by atoms with Crippen molar-refractivity contribution in [1.29, 1.82) is 0 Å². The average Bonchev–Trinajstić information content (AvgIpc) is 2.66. The zero-order valence-electron chi connectivity index (χ0n) is 14.3. The molecule has 3 N–H and O–H groups in total. The van der Waals surface area contributed by atoms with Gasteiger partial charge in [-0.3, -0.25) is 20.7 Å². The first-order chi connectivity index (χ1) is 12.1. The van der Waals surface area contributed by atoms with Crippen LogP contribution < -0.4 is 20.7 Å². The van der Waals surface area contributed by atoms with Crippen LogP contribution in [0.1, 0.15) is 11.4 Å². The molecule has 1 saturated heterocycles. The third-order valence-corrected chi connectivity index (χ3v) is 4.48. The molecule has 0 unspecified atom stereocenters. The molecule has 3 heterocycles. The Labute approximate surface area is 153 Å². The molecule has 1 aliphatic heterocycles. The molecule has 0 bridgehead atoms. The van der Waals surface area contributed by atoms with Gasteiger partial charge in [0.2, 0.25) is 0 Å². The van der Waals surface area contributed by atoms with Crippen molar-refractivity contribution in [3.05, 3.63) is 60.6 Å². The lowest BCUT2D eigenvalue weighted by Crippen LogP contribution is -2.54. The molecule has 0 aromatic carbocycles. The molecule has 0 saturated carbocycles. The standard InChI is InChI=1S/C18H22N6S/c1-14-6-5-7-16(20-14)15(2)21-22-18(25)24-12-10-23(11-13-24)17-8-3-4-9-19-17/h3-9,21H,2,10-13H2,1H3,(H,22,25)/p+1. The Morgan fingerprint density at radius 3 is 2.60 bits per heavy atom. The van der Waals surface area contributed by atoms with Crippen LogP contribution in [0.25, 0.3) is 5.70 Å². The van der Waals surface area contributed by atoms with E-state index in [4.69, 9.17) is 12.2 Å². The number of aromatic nitrogens is 2. The Balaban J connectivity index is 1.47. The van der Waals surface area contributed by atoms with E-state index in [2.05, 4.69) is 43.3 Å². The van der Waals surface area contributed by atoms with Crippen molar-refractivity contribution in [1.82, 2.24) is 20.7 Å². The normalized spacial score (nSPS) is 14.1. The SMILES string of the molecule is C=C(NNC(=S)N1CCN(c2cccc[nH+]2)CC1)c1cccc(C)n1. The summed E-state index contributed by atoms with van der Waals surface area (Å²) in [6, 6.07) is 12.0. The van der Waals surface area contributed by atoms with Crippen LogP contribution in [0.5, 0.6) is 0 Å². The third-order valence-electron chi connectivity index (χ3n) is 4.12. The first-order valence-electron chi connectivity index (χ1n) is 8.29. The highest BCUT2D eigenvalue weighted by atomic mass is 32.1. The zero-order valence-corrected chi connectivity index (χ0v) is 15.1. The Morgan fingerprint density at radius 2 is 1.92 bits per heavy atom. The average molecular weight is 355 g/mol. The van der Waals surface area contributed by atoms with Crippen LogP contribution in [0, 0.1) is 6.92 Å². The maximum Gasteiger partial charge on any atom is 0.274 e. The Hall–Kier alpha value is -2.67. The molecular formula is C18H23N6S+. The summed E-state index contributed by atoms with van der Waals surface area (Å²) in [4.78, 5) is 12.2. The number of hydrogen-bond donors (Lipinski definition) is 2. The summed E-state index contributed by atoms with van der Waals surface area (Å²) in [6.45, 7) is 9.54. The van der Waals surface area contributed by atoms with Gasteiger partial charge in [0.05, 0.1) is 30.7 Å². The maximum absolute atomic E-state index is 5.49. The number of piperazine rings is 1. The first-order valence-corrected chi connectivity index (χ1v) is 8.70. The number of hydrazine groups is 1. The fourth-order valence-electron chi connectivity index (χ4n) is 2.71. The summed E-state index contributed by atoms with van der Waals surface area (Å²) in [5, 5.41) is 0.672. The molecule has 3 rings (SSSR count). The zero-order chi connectivity index (χ0) is 17.6. The lowest BCUT2D eigenvalue weighted by molar-refractivity contribution is -0.364. The third kappa shape index (κ3) is 4.45. The van der Waals surface area contributed by atoms with Crippen molar-refractivity contribution in [2.45, 2.75) is 6.92 Å². The predicted octanol–water partition coefficient (Wildman–Crippen LogP) is 1.38. The van der Waals surface area contributed by atoms with Crippen molar-refractivity contribution in [2.24, 2.45) is 0 Å². The van der Waals surface area contributed by atoms with Crippen LogP contribution in [0.15, 0.2) is 49.2 Å². The van der Waals surface area contributed by atoms with Crippen LogP contribution >= 0.6 is 12.2 Å². The van der Waals surface area contributed by atoms with E-state index in [1.807, 2.05) is 43.5 Å². The lowest BCUT2D eigenvalue weighted by Gasteiger charge is -2.32. The van der Waals surface area contributed by atoms with Crippen LogP contribution in [0.3, 0.4) is 0 Å². The highest BCUT2D eigenvalue weighted by molar-refractivity contribution is 7.80. The van der Waals surface area contributed by atoms with E-state index >= 15 is 0 Å². The van der Waals surface area contributed by atoms with Gasteiger partial charge >= 0.3 is 0 Å². The van der Waals surface area contributed by atoms with Gasteiger partial charge < -0.3 is 4.90 Å². The smallest absolute Gasteiger partial charge is 0.274 e. The van der Waals surface area contributed by atoms with Gasteiger partial charge in [0.15, 0.2) is 5.11 Å². The minimum absolute atomic E-state index is 0.672. The van der Waals surface area contributed by atoms with Gasteiger partial charge in [0, 0.05) is 11.8 Å². The summed E-state index contributed by atoms with van der Waals surface area (Å²) in [5.41, 5.74) is 8.58. The van der Waals surface area contributed by atoms with E-state index in [0.717, 1.165) is 43.4 Å². The molecule has 0 spiro atoms. The summed E-state index contributed by atoms with van der Waals surface area (Å²) >= 11 is 5.49. The van der Waals surface area contributed by atoms with Crippen LogP contribution in [0.4, 0.5) is 5.82 Å². The van der Waals surface area contributed by atoms with Crippen LogP contribution in [0.2, 0.25) is 0 Å². The molecule has 2 aromatic rings.